The number of nitrogens with two attached hydrogens (primary N) is 1. The summed E-state index contributed by atoms with van der Waals surface area (Å²) in [6.07, 6.45) is 1.78. The Bertz CT molecular complexity index is 523. The Morgan fingerprint density at radius 1 is 1.18 bits per heavy atom. The van der Waals surface area contributed by atoms with E-state index in [9.17, 15) is 0 Å². The summed E-state index contributed by atoms with van der Waals surface area (Å²) in [6, 6.07) is 9.63. The van der Waals surface area contributed by atoms with Crippen LogP contribution < -0.4 is 10.5 Å². The molecule has 0 saturated heterocycles. The van der Waals surface area contributed by atoms with Gasteiger partial charge in [0.25, 0.3) is 0 Å². The third kappa shape index (κ3) is 2.56. The maximum atomic E-state index is 5.82. The van der Waals surface area contributed by atoms with Crippen molar-refractivity contribution in [3.8, 4) is 5.75 Å². The molecule has 2 aromatic rings. The van der Waals surface area contributed by atoms with Gasteiger partial charge in [-0.05, 0) is 37.6 Å². The number of nitrogen functional groups attached to an aromatic ring is 1. The van der Waals surface area contributed by atoms with E-state index in [1.54, 1.807) is 6.20 Å². The van der Waals surface area contributed by atoms with E-state index in [1.807, 2.05) is 44.2 Å². The Balaban J connectivity index is 2.13. The van der Waals surface area contributed by atoms with E-state index in [2.05, 4.69) is 4.98 Å². The quantitative estimate of drug-likeness (QED) is 0.822. The normalized spacial score (nSPS) is 10.2. The van der Waals surface area contributed by atoms with Gasteiger partial charge in [-0.25, -0.2) is 0 Å². The Labute approximate surface area is 101 Å². The SMILES string of the molecule is Cc1cccnc1COc1cccc(N)c1C. The number of pyridine rings is 1. The Kier molecular flexibility index (Phi) is 3.28. The van der Waals surface area contributed by atoms with Crippen LogP contribution in [0.15, 0.2) is 36.5 Å². The van der Waals surface area contributed by atoms with Gasteiger partial charge in [0.2, 0.25) is 0 Å². The number of ether oxygens (including phenoxy) is 1. The summed E-state index contributed by atoms with van der Waals surface area (Å²) >= 11 is 0. The van der Waals surface area contributed by atoms with E-state index in [0.29, 0.717) is 6.61 Å². The minimum Gasteiger partial charge on any atom is -0.487 e. The molecule has 3 heteroatoms. The number of hydrogen-bond acceptors (Lipinski definition) is 3. The average Bonchev–Trinajstić information content (AvgIpc) is 2.33. The fraction of sp³-hybridized carbons (Fsp3) is 0.214. The highest BCUT2D eigenvalue weighted by Crippen LogP contribution is 2.23. The first kappa shape index (κ1) is 11.5. The fourth-order valence-corrected chi connectivity index (χ4v) is 1.60. The van der Waals surface area contributed by atoms with Crippen LogP contribution in [-0.2, 0) is 6.61 Å². The predicted molar refractivity (Wildman–Crippen MR) is 68.9 cm³/mol. The molecule has 0 amide bonds. The summed E-state index contributed by atoms with van der Waals surface area (Å²) in [7, 11) is 0. The van der Waals surface area contributed by atoms with Crippen molar-refractivity contribution in [1.29, 1.82) is 0 Å². The van der Waals surface area contributed by atoms with Gasteiger partial charge in [0.15, 0.2) is 0 Å². The third-order valence-electron chi connectivity index (χ3n) is 2.81. The zero-order valence-electron chi connectivity index (χ0n) is 10.1. The number of anilines is 1. The van der Waals surface area contributed by atoms with Gasteiger partial charge in [-0.2, -0.15) is 0 Å². The number of benzene rings is 1. The molecule has 17 heavy (non-hydrogen) atoms. The minimum atomic E-state index is 0.469. The monoisotopic (exact) mass is 228 g/mol. The Hall–Kier alpha value is -2.03. The van der Waals surface area contributed by atoms with Gasteiger partial charge < -0.3 is 10.5 Å². The van der Waals surface area contributed by atoms with Crippen molar-refractivity contribution in [3.63, 3.8) is 0 Å². The maximum absolute atomic E-state index is 5.82. The molecule has 0 saturated carbocycles. The highest BCUT2D eigenvalue weighted by Gasteiger charge is 2.04. The van der Waals surface area contributed by atoms with Crippen LogP contribution >= 0.6 is 0 Å². The summed E-state index contributed by atoms with van der Waals surface area (Å²) in [5.41, 5.74) is 9.63. The number of aromatic nitrogens is 1. The molecule has 3 nitrogen and oxygen atoms in total. The molecular weight excluding hydrogens is 212 g/mol. The molecule has 0 aliphatic rings. The molecule has 2 N–H and O–H groups in total. The highest BCUT2D eigenvalue weighted by atomic mass is 16.5. The topological polar surface area (TPSA) is 48.1 Å². The molecule has 1 aromatic carbocycles. The number of nitrogens with zero attached hydrogens (tertiary/aromatic N) is 1. The van der Waals surface area contributed by atoms with Crippen LogP contribution in [0.5, 0.6) is 5.75 Å². The predicted octanol–water partition coefficient (Wildman–Crippen LogP) is 2.86. The van der Waals surface area contributed by atoms with Crippen molar-refractivity contribution in [2.75, 3.05) is 5.73 Å². The fourth-order valence-electron chi connectivity index (χ4n) is 1.60. The van der Waals surface area contributed by atoms with Crippen LogP contribution in [-0.4, -0.2) is 4.98 Å². The standard InChI is InChI=1S/C14H16N2O/c1-10-5-4-8-16-13(10)9-17-14-7-3-6-12(15)11(14)2/h3-8H,9,15H2,1-2H3. The van der Waals surface area contributed by atoms with Gasteiger partial charge in [0.05, 0.1) is 5.69 Å². The van der Waals surface area contributed by atoms with E-state index < -0.39 is 0 Å². The van der Waals surface area contributed by atoms with Crippen LogP contribution in [0.4, 0.5) is 5.69 Å². The summed E-state index contributed by atoms with van der Waals surface area (Å²) < 4.78 is 5.74. The maximum Gasteiger partial charge on any atom is 0.130 e. The smallest absolute Gasteiger partial charge is 0.130 e. The molecule has 1 heterocycles. The first-order chi connectivity index (χ1) is 8.18. The van der Waals surface area contributed by atoms with Crippen molar-refractivity contribution in [1.82, 2.24) is 4.98 Å². The first-order valence-electron chi connectivity index (χ1n) is 5.57. The van der Waals surface area contributed by atoms with Gasteiger partial charge in [-0.15, -0.1) is 0 Å². The van der Waals surface area contributed by atoms with E-state index in [-0.39, 0.29) is 0 Å². The molecular formula is C14H16N2O. The molecule has 0 atom stereocenters. The van der Waals surface area contributed by atoms with Crippen LogP contribution in [0, 0.1) is 13.8 Å². The Morgan fingerprint density at radius 2 is 2.00 bits per heavy atom. The van der Waals surface area contributed by atoms with Crippen LogP contribution in [0.1, 0.15) is 16.8 Å². The van der Waals surface area contributed by atoms with Crippen molar-refractivity contribution >= 4 is 5.69 Å². The van der Waals surface area contributed by atoms with Crippen molar-refractivity contribution in [2.24, 2.45) is 0 Å². The van der Waals surface area contributed by atoms with Crippen molar-refractivity contribution < 1.29 is 4.74 Å². The molecule has 0 aliphatic carbocycles. The molecule has 0 aliphatic heterocycles. The highest BCUT2D eigenvalue weighted by molar-refractivity contribution is 5.53. The lowest BCUT2D eigenvalue weighted by Crippen LogP contribution is -2.02. The molecule has 0 fully saturated rings. The third-order valence-corrected chi connectivity index (χ3v) is 2.81. The summed E-state index contributed by atoms with van der Waals surface area (Å²) in [5.74, 6) is 0.815. The van der Waals surface area contributed by atoms with E-state index in [1.165, 1.54) is 0 Å². The lowest BCUT2D eigenvalue weighted by molar-refractivity contribution is 0.298. The zero-order valence-corrected chi connectivity index (χ0v) is 10.1. The number of rotatable bonds is 3. The lowest BCUT2D eigenvalue weighted by Gasteiger charge is -2.11. The van der Waals surface area contributed by atoms with E-state index in [0.717, 1.165) is 28.3 Å². The molecule has 0 radical (unpaired) electrons. The second-order valence-electron chi connectivity index (χ2n) is 4.03. The molecule has 2 rings (SSSR count). The largest absolute Gasteiger partial charge is 0.487 e. The molecule has 0 bridgehead atoms. The molecule has 1 aromatic heterocycles. The molecule has 0 unspecified atom stereocenters. The zero-order chi connectivity index (χ0) is 12.3. The summed E-state index contributed by atoms with van der Waals surface area (Å²) in [5, 5.41) is 0. The van der Waals surface area contributed by atoms with Crippen LogP contribution in [0.25, 0.3) is 0 Å². The summed E-state index contributed by atoms with van der Waals surface area (Å²) in [6.45, 7) is 4.45. The van der Waals surface area contributed by atoms with Gasteiger partial charge >= 0.3 is 0 Å². The van der Waals surface area contributed by atoms with Crippen LogP contribution in [0.2, 0.25) is 0 Å². The second kappa shape index (κ2) is 4.87. The van der Waals surface area contributed by atoms with Gasteiger partial charge in [0, 0.05) is 17.4 Å². The van der Waals surface area contributed by atoms with Gasteiger partial charge in [-0.1, -0.05) is 12.1 Å². The van der Waals surface area contributed by atoms with Gasteiger partial charge in [-0.3, -0.25) is 4.98 Å². The number of hydrogen-bond donors (Lipinski definition) is 1. The van der Waals surface area contributed by atoms with E-state index >= 15 is 0 Å². The minimum absolute atomic E-state index is 0.469. The average molecular weight is 228 g/mol. The Morgan fingerprint density at radius 3 is 2.76 bits per heavy atom. The van der Waals surface area contributed by atoms with Crippen LogP contribution in [0.3, 0.4) is 0 Å². The molecule has 88 valence electrons. The number of aryl methyl sites for hydroxylation is 1. The van der Waals surface area contributed by atoms with Crippen molar-refractivity contribution in [2.45, 2.75) is 20.5 Å². The molecule has 0 spiro atoms. The second-order valence-corrected chi connectivity index (χ2v) is 4.03. The van der Waals surface area contributed by atoms with Crippen molar-refractivity contribution in [3.05, 3.63) is 53.3 Å². The summed E-state index contributed by atoms with van der Waals surface area (Å²) in [4.78, 5) is 4.29. The van der Waals surface area contributed by atoms with E-state index in [4.69, 9.17) is 10.5 Å². The first-order valence-corrected chi connectivity index (χ1v) is 5.57. The lowest BCUT2D eigenvalue weighted by atomic mass is 10.2. The van der Waals surface area contributed by atoms with Gasteiger partial charge in [0.1, 0.15) is 12.4 Å².